The maximum Gasteiger partial charge on any atom is 0.253 e. The summed E-state index contributed by atoms with van der Waals surface area (Å²) < 4.78 is 3.26. The van der Waals surface area contributed by atoms with Gasteiger partial charge in [0.05, 0.1) is 17.5 Å². The van der Waals surface area contributed by atoms with Gasteiger partial charge < -0.3 is 4.57 Å². The predicted molar refractivity (Wildman–Crippen MR) is 144 cm³/mol. The second-order valence-electron chi connectivity index (χ2n) is 8.51. The number of carbonyl (C=O) groups excluding carboxylic acids is 1. The van der Waals surface area contributed by atoms with E-state index < -0.39 is 0 Å². The Balaban J connectivity index is 1.41. The molecule has 0 spiro atoms. The van der Waals surface area contributed by atoms with E-state index >= 15 is 0 Å². The molecule has 1 unspecified atom stereocenters. The van der Waals surface area contributed by atoms with Crippen LogP contribution in [0.3, 0.4) is 0 Å². The first-order chi connectivity index (χ1) is 16.5. The monoisotopic (exact) mass is 531 g/mol. The molecule has 3 aromatic carbocycles. The highest BCUT2D eigenvalue weighted by Crippen LogP contribution is 2.35. The Bertz CT molecular complexity index is 1360. The Morgan fingerprint density at radius 2 is 1.79 bits per heavy atom. The summed E-state index contributed by atoms with van der Waals surface area (Å²) in [6.07, 6.45) is 2.86. The van der Waals surface area contributed by atoms with Crippen LogP contribution in [0, 0.1) is 6.92 Å². The van der Waals surface area contributed by atoms with Crippen molar-refractivity contribution in [2.75, 3.05) is 5.75 Å². The van der Waals surface area contributed by atoms with E-state index in [-0.39, 0.29) is 11.9 Å². The van der Waals surface area contributed by atoms with Crippen molar-refractivity contribution >= 4 is 50.2 Å². The maximum atomic E-state index is 13.5. The Morgan fingerprint density at radius 1 is 1.06 bits per heavy atom. The molecule has 0 N–H and O–H groups in total. The van der Waals surface area contributed by atoms with E-state index in [0.29, 0.717) is 12.2 Å². The zero-order valence-corrected chi connectivity index (χ0v) is 21.6. The molecule has 34 heavy (non-hydrogen) atoms. The van der Waals surface area contributed by atoms with Crippen LogP contribution in [0.4, 0.5) is 0 Å². The van der Waals surface area contributed by atoms with Crippen LogP contribution in [0.2, 0.25) is 0 Å². The van der Waals surface area contributed by atoms with Gasteiger partial charge in [0.2, 0.25) is 0 Å². The highest BCUT2D eigenvalue weighted by molar-refractivity contribution is 9.10. The van der Waals surface area contributed by atoms with E-state index in [9.17, 15) is 4.79 Å². The quantitative estimate of drug-likeness (QED) is 0.246. The van der Waals surface area contributed by atoms with Gasteiger partial charge in [-0.15, -0.1) is 11.8 Å². The number of rotatable bonds is 6. The van der Waals surface area contributed by atoms with Gasteiger partial charge in [-0.2, -0.15) is 5.10 Å². The topological polar surface area (TPSA) is 37.6 Å². The number of benzene rings is 3. The Morgan fingerprint density at radius 3 is 2.53 bits per heavy atom. The van der Waals surface area contributed by atoms with Gasteiger partial charge in [-0.1, -0.05) is 76.1 Å². The van der Waals surface area contributed by atoms with Crippen LogP contribution in [-0.4, -0.2) is 26.9 Å². The van der Waals surface area contributed by atoms with Crippen LogP contribution < -0.4 is 0 Å². The zero-order chi connectivity index (χ0) is 23.7. The van der Waals surface area contributed by atoms with Gasteiger partial charge in [-0.25, -0.2) is 5.01 Å². The highest BCUT2D eigenvalue weighted by atomic mass is 79.9. The van der Waals surface area contributed by atoms with Crippen LogP contribution in [0.25, 0.3) is 10.9 Å². The first kappa shape index (κ1) is 22.9. The summed E-state index contributed by atoms with van der Waals surface area (Å²) in [6, 6.07) is 24.8. The molecule has 0 saturated heterocycles. The third-order valence-corrected chi connectivity index (χ3v) is 7.81. The van der Waals surface area contributed by atoms with Crippen molar-refractivity contribution in [3.63, 3.8) is 0 Å². The molecular formula is C28H26BrN3OS. The van der Waals surface area contributed by atoms with Gasteiger partial charge >= 0.3 is 0 Å². The van der Waals surface area contributed by atoms with Crippen molar-refractivity contribution in [2.45, 2.75) is 37.8 Å². The van der Waals surface area contributed by atoms with Gasteiger partial charge in [0.15, 0.2) is 0 Å². The maximum absolute atomic E-state index is 13.5. The van der Waals surface area contributed by atoms with Crippen molar-refractivity contribution in [2.24, 2.45) is 5.10 Å². The first-order valence-electron chi connectivity index (χ1n) is 11.5. The van der Waals surface area contributed by atoms with E-state index in [0.717, 1.165) is 32.8 Å². The lowest BCUT2D eigenvalue weighted by atomic mass is 9.98. The first-order valence-corrected chi connectivity index (χ1v) is 13.2. The molecule has 1 aliphatic heterocycles. The normalized spacial score (nSPS) is 15.7. The summed E-state index contributed by atoms with van der Waals surface area (Å²) in [6.45, 7) is 5.12. The summed E-state index contributed by atoms with van der Waals surface area (Å²) in [5, 5.41) is 7.73. The molecule has 5 rings (SSSR count). The molecule has 1 aromatic heterocycles. The van der Waals surface area contributed by atoms with E-state index in [1.54, 1.807) is 16.8 Å². The third-order valence-electron chi connectivity index (χ3n) is 6.25. The number of fused-ring (bicyclic) bond motifs is 1. The second-order valence-corrected chi connectivity index (χ2v) is 10.4. The molecule has 4 nitrogen and oxygen atoms in total. The Kier molecular flexibility index (Phi) is 6.61. The fraction of sp³-hybridized carbons (Fsp3) is 0.214. The van der Waals surface area contributed by atoms with E-state index in [1.807, 2.05) is 12.1 Å². The fourth-order valence-electron chi connectivity index (χ4n) is 4.40. The van der Waals surface area contributed by atoms with Crippen LogP contribution >= 0.6 is 27.7 Å². The summed E-state index contributed by atoms with van der Waals surface area (Å²) in [4.78, 5) is 14.6. The number of hydrogen-bond acceptors (Lipinski definition) is 3. The van der Waals surface area contributed by atoms with Crippen LogP contribution in [0.15, 0.2) is 93.5 Å². The molecule has 1 aliphatic rings. The number of para-hydroxylation sites is 1. The molecule has 0 radical (unpaired) electrons. The molecule has 0 fully saturated rings. The minimum absolute atomic E-state index is 0.0241. The molecule has 1 atom stereocenters. The minimum Gasteiger partial charge on any atom is -0.347 e. The molecule has 1 amide bonds. The number of carbonyl (C=O) groups is 1. The zero-order valence-electron chi connectivity index (χ0n) is 19.2. The summed E-state index contributed by atoms with van der Waals surface area (Å²) in [5.74, 6) is 0.369. The molecule has 0 aliphatic carbocycles. The van der Waals surface area contributed by atoms with Crippen molar-refractivity contribution in [3.8, 4) is 0 Å². The number of thioether (sulfide) groups is 1. The lowest BCUT2D eigenvalue weighted by molar-refractivity contribution is -0.130. The number of aromatic nitrogens is 1. The molecular weight excluding hydrogens is 506 g/mol. The minimum atomic E-state index is -0.0932. The smallest absolute Gasteiger partial charge is 0.253 e. The van der Waals surface area contributed by atoms with Crippen molar-refractivity contribution in [1.29, 1.82) is 0 Å². The Labute approximate surface area is 212 Å². The van der Waals surface area contributed by atoms with Crippen molar-refractivity contribution in [1.82, 2.24) is 9.58 Å². The third kappa shape index (κ3) is 4.57. The standard InChI is InChI=1S/C28H26BrN3OS/c1-3-31-17-27(23-6-4-5-7-25(23)31)34-18-28(33)32-26(21-10-8-19(2)9-11-21)16-24(30-32)20-12-14-22(29)15-13-20/h4-15,17,26H,3,16,18H2,1-2H3. The Hall–Kier alpha value is -2.83. The van der Waals surface area contributed by atoms with E-state index in [4.69, 9.17) is 5.10 Å². The van der Waals surface area contributed by atoms with E-state index in [1.165, 1.54) is 16.5 Å². The van der Waals surface area contributed by atoms with Crippen LogP contribution in [-0.2, 0) is 11.3 Å². The van der Waals surface area contributed by atoms with Crippen molar-refractivity contribution in [3.05, 3.63) is 100 Å². The number of hydrogen-bond donors (Lipinski definition) is 0. The molecule has 0 saturated carbocycles. The van der Waals surface area contributed by atoms with E-state index in [2.05, 4.69) is 101 Å². The second kappa shape index (κ2) is 9.80. The average Bonchev–Trinajstić information content (AvgIpc) is 3.46. The summed E-state index contributed by atoms with van der Waals surface area (Å²) in [7, 11) is 0. The summed E-state index contributed by atoms with van der Waals surface area (Å²) >= 11 is 5.09. The van der Waals surface area contributed by atoms with Gasteiger partial charge in [-0.3, -0.25) is 4.79 Å². The highest BCUT2D eigenvalue weighted by Gasteiger charge is 2.33. The number of hydrazone groups is 1. The van der Waals surface area contributed by atoms with Gasteiger partial charge in [0.1, 0.15) is 0 Å². The fourth-order valence-corrected chi connectivity index (χ4v) is 5.61. The largest absolute Gasteiger partial charge is 0.347 e. The average molecular weight is 533 g/mol. The van der Waals surface area contributed by atoms with Crippen LogP contribution in [0.5, 0.6) is 0 Å². The predicted octanol–water partition coefficient (Wildman–Crippen LogP) is 7.20. The molecule has 2 heterocycles. The lowest BCUT2D eigenvalue weighted by Gasteiger charge is -2.22. The summed E-state index contributed by atoms with van der Waals surface area (Å²) in [5.41, 5.74) is 5.52. The van der Waals surface area contributed by atoms with Crippen LogP contribution in [0.1, 0.15) is 36.1 Å². The molecule has 172 valence electrons. The SMILES string of the molecule is CCn1cc(SCC(=O)N2N=C(c3ccc(Br)cc3)CC2c2ccc(C)cc2)c2ccccc21. The molecule has 0 bridgehead atoms. The van der Waals surface area contributed by atoms with Gasteiger partial charge in [-0.05, 0) is 43.2 Å². The molecule has 4 aromatic rings. The number of halogens is 1. The van der Waals surface area contributed by atoms with Gasteiger partial charge in [0, 0.05) is 39.4 Å². The number of aryl methyl sites for hydroxylation is 2. The lowest BCUT2D eigenvalue weighted by Crippen LogP contribution is -2.28. The number of amides is 1. The van der Waals surface area contributed by atoms with Crippen molar-refractivity contribution < 1.29 is 4.79 Å². The number of nitrogens with zero attached hydrogens (tertiary/aromatic N) is 3. The van der Waals surface area contributed by atoms with Gasteiger partial charge in [0.25, 0.3) is 5.91 Å². The molecule has 6 heteroatoms.